The van der Waals surface area contributed by atoms with Gasteiger partial charge in [-0.05, 0) is 55.6 Å². The first-order valence-electron chi connectivity index (χ1n) is 8.35. The minimum atomic E-state index is 0.492. The quantitative estimate of drug-likeness (QED) is 0.833. The number of nitrogens with zero attached hydrogens (tertiary/aromatic N) is 2. The summed E-state index contributed by atoms with van der Waals surface area (Å²) in [6.45, 7) is 3.50. The molecule has 0 spiro atoms. The molecular weight excluding hydrogens is 288 g/mol. The van der Waals surface area contributed by atoms with E-state index in [9.17, 15) is 0 Å². The SMILES string of the molecule is Nc1ccc(-c2nc3c(c(C4CCOCC4)n2)CCNC3)cc1. The number of fused-ring (bicyclic) bond motifs is 1. The lowest BCUT2D eigenvalue weighted by atomic mass is 9.89. The van der Waals surface area contributed by atoms with Gasteiger partial charge in [0, 0.05) is 36.9 Å². The molecule has 3 N–H and O–H groups in total. The molecule has 1 fully saturated rings. The Morgan fingerprint density at radius 2 is 1.87 bits per heavy atom. The summed E-state index contributed by atoms with van der Waals surface area (Å²) in [6, 6.07) is 7.82. The average molecular weight is 310 g/mol. The Kier molecular flexibility index (Phi) is 3.97. The molecule has 2 aliphatic rings. The molecule has 0 saturated carbocycles. The van der Waals surface area contributed by atoms with Crippen LogP contribution in [-0.2, 0) is 17.7 Å². The van der Waals surface area contributed by atoms with Crippen molar-refractivity contribution in [3.8, 4) is 11.4 Å². The van der Waals surface area contributed by atoms with E-state index in [1.54, 1.807) is 0 Å². The number of hydrogen-bond acceptors (Lipinski definition) is 5. The number of nitrogens with two attached hydrogens (primary N) is 1. The van der Waals surface area contributed by atoms with Gasteiger partial charge in [-0.15, -0.1) is 0 Å². The summed E-state index contributed by atoms with van der Waals surface area (Å²) in [7, 11) is 0. The molecule has 1 aromatic carbocycles. The van der Waals surface area contributed by atoms with Crippen molar-refractivity contribution < 1.29 is 4.74 Å². The van der Waals surface area contributed by atoms with Crippen LogP contribution in [0.4, 0.5) is 5.69 Å². The van der Waals surface area contributed by atoms with Crippen LogP contribution in [0.5, 0.6) is 0 Å². The molecule has 0 bridgehead atoms. The third kappa shape index (κ3) is 2.94. The second-order valence-electron chi connectivity index (χ2n) is 6.29. The summed E-state index contributed by atoms with van der Waals surface area (Å²) in [5.74, 6) is 1.31. The molecular formula is C18H22N4O. The number of benzene rings is 1. The third-order valence-electron chi connectivity index (χ3n) is 4.75. The Morgan fingerprint density at radius 1 is 1.09 bits per heavy atom. The minimum absolute atomic E-state index is 0.492. The van der Waals surface area contributed by atoms with Crippen LogP contribution in [0.15, 0.2) is 24.3 Å². The van der Waals surface area contributed by atoms with Crippen LogP contribution in [0.2, 0.25) is 0 Å². The maximum Gasteiger partial charge on any atom is 0.159 e. The molecule has 23 heavy (non-hydrogen) atoms. The smallest absolute Gasteiger partial charge is 0.159 e. The monoisotopic (exact) mass is 310 g/mol. The van der Waals surface area contributed by atoms with E-state index in [1.807, 2.05) is 24.3 Å². The zero-order chi connectivity index (χ0) is 15.6. The van der Waals surface area contributed by atoms with Crippen LogP contribution in [0.3, 0.4) is 0 Å². The van der Waals surface area contributed by atoms with Crippen molar-refractivity contribution in [2.24, 2.45) is 0 Å². The lowest BCUT2D eigenvalue weighted by Gasteiger charge is -2.27. The minimum Gasteiger partial charge on any atom is -0.399 e. The fraction of sp³-hybridized carbons (Fsp3) is 0.444. The number of ether oxygens (including phenoxy) is 1. The van der Waals surface area contributed by atoms with Crippen LogP contribution in [0.25, 0.3) is 11.4 Å². The van der Waals surface area contributed by atoms with Gasteiger partial charge in [-0.2, -0.15) is 0 Å². The first kappa shape index (κ1) is 14.6. The van der Waals surface area contributed by atoms with E-state index < -0.39 is 0 Å². The van der Waals surface area contributed by atoms with Gasteiger partial charge in [-0.25, -0.2) is 9.97 Å². The van der Waals surface area contributed by atoms with Crippen molar-refractivity contribution in [3.63, 3.8) is 0 Å². The normalized spacial score (nSPS) is 18.6. The molecule has 0 radical (unpaired) electrons. The molecule has 0 unspecified atom stereocenters. The zero-order valence-electron chi connectivity index (χ0n) is 13.2. The fourth-order valence-corrected chi connectivity index (χ4v) is 3.46. The number of nitrogens with one attached hydrogen (secondary N) is 1. The number of aromatic nitrogens is 2. The Balaban J connectivity index is 1.79. The molecule has 1 saturated heterocycles. The first-order chi connectivity index (χ1) is 11.3. The second-order valence-corrected chi connectivity index (χ2v) is 6.29. The van der Waals surface area contributed by atoms with Gasteiger partial charge in [0.2, 0.25) is 0 Å². The molecule has 0 aliphatic carbocycles. The van der Waals surface area contributed by atoms with E-state index in [0.29, 0.717) is 5.92 Å². The van der Waals surface area contributed by atoms with Crippen molar-refractivity contribution in [1.29, 1.82) is 0 Å². The molecule has 5 heteroatoms. The molecule has 120 valence electrons. The number of rotatable bonds is 2. The van der Waals surface area contributed by atoms with Gasteiger partial charge in [0.1, 0.15) is 0 Å². The predicted octanol–water partition coefficient (Wildman–Crippen LogP) is 2.27. The molecule has 0 amide bonds. The van der Waals surface area contributed by atoms with Crippen molar-refractivity contribution >= 4 is 5.69 Å². The molecule has 5 nitrogen and oxygen atoms in total. The maximum atomic E-state index is 5.80. The number of nitrogen functional groups attached to an aromatic ring is 1. The first-order valence-corrected chi connectivity index (χ1v) is 8.35. The summed E-state index contributed by atoms with van der Waals surface area (Å²) < 4.78 is 5.52. The Hall–Kier alpha value is -1.98. The topological polar surface area (TPSA) is 73.1 Å². The zero-order valence-corrected chi connectivity index (χ0v) is 13.2. The number of anilines is 1. The highest BCUT2D eigenvalue weighted by atomic mass is 16.5. The van der Waals surface area contributed by atoms with E-state index in [-0.39, 0.29) is 0 Å². The standard InChI is InChI=1S/C18H22N4O/c19-14-3-1-13(2-4-14)18-21-16-11-20-8-5-15(16)17(22-18)12-6-9-23-10-7-12/h1-4,12,20H,5-11,19H2. The van der Waals surface area contributed by atoms with Crippen LogP contribution >= 0.6 is 0 Å². The largest absolute Gasteiger partial charge is 0.399 e. The number of hydrogen-bond donors (Lipinski definition) is 2. The summed E-state index contributed by atoms with van der Waals surface area (Å²) in [5, 5.41) is 3.42. The van der Waals surface area contributed by atoms with E-state index in [4.69, 9.17) is 20.4 Å². The molecule has 0 atom stereocenters. The summed E-state index contributed by atoms with van der Waals surface area (Å²) in [6.07, 6.45) is 3.13. The van der Waals surface area contributed by atoms with Gasteiger partial charge in [-0.1, -0.05) is 0 Å². The van der Waals surface area contributed by atoms with E-state index >= 15 is 0 Å². The summed E-state index contributed by atoms with van der Waals surface area (Å²) in [5.41, 5.74) is 11.3. The highest BCUT2D eigenvalue weighted by Gasteiger charge is 2.25. The Labute approximate surface area is 136 Å². The van der Waals surface area contributed by atoms with E-state index in [1.165, 1.54) is 11.3 Å². The Morgan fingerprint density at radius 3 is 2.65 bits per heavy atom. The Bertz CT molecular complexity index is 693. The van der Waals surface area contributed by atoms with E-state index in [2.05, 4.69) is 5.32 Å². The molecule has 4 rings (SSSR count). The fourth-order valence-electron chi connectivity index (χ4n) is 3.46. The van der Waals surface area contributed by atoms with Gasteiger partial charge in [0.25, 0.3) is 0 Å². The van der Waals surface area contributed by atoms with Crippen molar-refractivity contribution in [3.05, 3.63) is 41.2 Å². The third-order valence-corrected chi connectivity index (χ3v) is 4.75. The van der Waals surface area contributed by atoms with Gasteiger partial charge in [-0.3, -0.25) is 0 Å². The van der Waals surface area contributed by atoms with Gasteiger partial charge >= 0.3 is 0 Å². The molecule has 1 aromatic heterocycles. The molecule has 3 heterocycles. The van der Waals surface area contributed by atoms with Gasteiger partial charge < -0.3 is 15.8 Å². The van der Waals surface area contributed by atoms with Gasteiger partial charge in [0.05, 0.1) is 11.4 Å². The maximum absolute atomic E-state index is 5.80. The van der Waals surface area contributed by atoms with Gasteiger partial charge in [0.15, 0.2) is 5.82 Å². The highest BCUT2D eigenvalue weighted by Crippen LogP contribution is 2.32. The van der Waals surface area contributed by atoms with Crippen LogP contribution < -0.4 is 11.1 Å². The molecule has 2 aromatic rings. The summed E-state index contributed by atoms with van der Waals surface area (Å²) in [4.78, 5) is 9.80. The lowest BCUT2D eigenvalue weighted by molar-refractivity contribution is 0.0842. The van der Waals surface area contributed by atoms with Crippen molar-refractivity contribution in [2.75, 3.05) is 25.5 Å². The second kappa shape index (κ2) is 6.26. The highest BCUT2D eigenvalue weighted by molar-refractivity contribution is 5.59. The van der Waals surface area contributed by atoms with Crippen LogP contribution in [-0.4, -0.2) is 29.7 Å². The lowest BCUT2D eigenvalue weighted by Crippen LogP contribution is -2.28. The van der Waals surface area contributed by atoms with Crippen molar-refractivity contribution in [1.82, 2.24) is 15.3 Å². The van der Waals surface area contributed by atoms with Crippen molar-refractivity contribution in [2.45, 2.75) is 31.7 Å². The van der Waals surface area contributed by atoms with E-state index in [0.717, 1.165) is 68.3 Å². The predicted molar refractivity (Wildman–Crippen MR) is 90.1 cm³/mol. The average Bonchev–Trinajstić information content (AvgIpc) is 2.62. The van der Waals surface area contributed by atoms with Crippen LogP contribution in [0.1, 0.15) is 35.7 Å². The van der Waals surface area contributed by atoms with Crippen LogP contribution in [0, 0.1) is 0 Å². The molecule has 2 aliphatic heterocycles. The summed E-state index contributed by atoms with van der Waals surface area (Å²) >= 11 is 0.